The monoisotopic (exact) mass is 334 g/mol. The molecule has 132 valence electrons. The SMILES string of the molecule is CC(C(=O)N1CCC2CCC(C1)N2)N1C(=O)NC2(CCCC2)C1=O. The van der Waals surface area contributed by atoms with E-state index < -0.39 is 17.6 Å². The van der Waals surface area contributed by atoms with Crippen molar-refractivity contribution in [1.29, 1.82) is 0 Å². The van der Waals surface area contributed by atoms with Crippen molar-refractivity contribution < 1.29 is 14.4 Å². The molecule has 2 N–H and O–H groups in total. The van der Waals surface area contributed by atoms with Crippen LogP contribution in [0.15, 0.2) is 0 Å². The third kappa shape index (κ3) is 2.41. The van der Waals surface area contributed by atoms with Gasteiger partial charge in [-0.15, -0.1) is 0 Å². The van der Waals surface area contributed by atoms with E-state index in [0.29, 0.717) is 38.0 Å². The number of hydrogen-bond donors (Lipinski definition) is 2. The normalized spacial score (nSPS) is 33.0. The van der Waals surface area contributed by atoms with E-state index in [1.54, 1.807) is 6.92 Å². The van der Waals surface area contributed by atoms with Crippen LogP contribution in [0.1, 0.15) is 51.9 Å². The van der Waals surface area contributed by atoms with Crippen LogP contribution in [-0.4, -0.2) is 64.4 Å². The Labute approximate surface area is 142 Å². The summed E-state index contributed by atoms with van der Waals surface area (Å²) < 4.78 is 0. The number of amides is 4. The fourth-order valence-corrected chi connectivity index (χ4v) is 4.83. The third-order valence-corrected chi connectivity index (χ3v) is 6.23. The number of imide groups is 1. The number of likely N-dealkylation sites (tertiary alicyclic amines) is 1. The van der Waals surface area contributed by atoms with Crippen molar-refractivity contribution in [3.63, 3.8) is 0 Å². The van der Waals surface area contributed by atoms with Crippen LogP contribution >= 0.6 is 0 Å². The zero-order valence-corrected chi connectivity index (χ0v) is 14.2. The van der Waals surface area contributed by atoms with E-state index in [9.17, 15) is 14.4 Å². The van der Waals surface area contributed by atoms with E-state index >= 15 is 0 Å². The number of carbonyl (C=O) groups is 3. The summed E-state index contributed by atoms with van der Waals surface area (Å²) in [6, 6.07) is -0.286. The summed E-state index contributed by atoms with van der Waals surface area (Å²) in [6.07, 6.45) is 6.48. The number of nitrogens with zero attached hydrogens (tertiary/aromatic N) is 2. The third-order valence-electron chi connectivity index (χ3n) is 6.23. The average molecular weight is 334 g/mol. The first-order valence-electron chi connectivity index (χ1n) is 9.21. The van der Waals surface area contributed by atoms with Gasteiger partial charge in [0.05, 0.1) is 0 Å². The van der Waals surface area contributed by atoms with Crippen molar-refractivity contribution in [3.05, 3.63) is 0 Å². The fourth-order valence-electron chi connectivity index (χ4n) is 4.83. The molecule has 3 aliphatic heterocycles. The van der Waals surface area contributed by atoms with Gasteiger partial charge in [-0.05, 0) is 39.0 Å². The summed E-state index contributed by atoms with van der Waals surface area (Å²) in [6.45, 7) is 3.06. The quantitative estimate of drug-likeness (QED) is 0.724. The van der Waals surface area contributed by atoms with E-state index in [2.05, 4.69) is 10.6 Å². The smallest absolute Gasteiger partial charge is 0.325 e. The van der Waals surface area contributed by atoms with Crippen LogP contribution in [0.4, 0.5) is 4.79 Å². The molecule has 1 aliphatic carbocycles. The van der Waals surface area contributed by atoms with E-state index in [1.165, 1.54) is 11.3 Å². The molecular weight excluding hydrogens is 308 g/mol. The highest BCUT2D eigenvalue weighted by atomic mass is 16.2. The second kappa shape index (κ2) is 5.72. The first-order valence-corrected chi connectivity index (χ1v) is 9.21. The lowest BCUT2D eigenvalue weighted by molar-refractivity contribution is -0.143. The van der Waals surface area contributed by atoms with Gasteiger partial charge in [0.15, 0.2) is 0 Å². The summed E-state index contributed by atoms with van der Waals surface area (Å²) in [5.41, 5.74) is -0.745. The molecule has 3 saturated heterocycles. The van der Waals surface area contributed by atoms with E-state index in [4.69, 9.17) is 0 Å². The highest BCUT2D eigenvalue weighted by molar-refractivity contribution is 6.09. The van der Waals surface area contributed by atoms with Gasteiger partial charge in [0.1, 0.15) is 11.6 Å². The zero-order valence-electron chi connectivity index (χ0n) is 14.2. The van der Waals surface area contributed by atoms with E-state index in [0.717, 1.165) is 25.7 Å². The van der Waals surface area contributed by atoms with Crippen molar-refractivity contribution in [2.45, 2.75) is 75.5 Å². The molecule has 4 rings (SSSR count). The lowest BCUT2D eigenvalue weighted by Crippen LogP contribution is -2.52. The molecule has 1 saturated carbocycles. The van der Waals surface area contributed by atoms with Gasteiger partial charge < -0.3 is 15.5 Å². The van der Waals surface area contributed by atoms with Crippen LogP contribution in [0.25, 0.3) is 0 Å². The van der Waals surface area contributed by atoms with Gasteiger partial charge >= 0.3 is 6.03 Å². The Hall–Kier alpha value is -1.63. The van der Waals surface area contributed by atoms with Crippen LogP contribution in [0.5, 0.6) is 0 Å². The zero-order chi connectivity index (χ0) is 16.9. The Morgan fingerprint density at radius 1 is 1.17 bits per heavy atom. The number of fused-ring (bicyclic) bond motifs is 2. The molecule has 0 aromatic rings. The largest absolute Gasteiger partial charge is 0.339 e. The highest BCUT2D eigenvalue weighted by Gasteiger charge is 2.55. The maximum atomic E-state index is 12.9. The molecule has 4 aliphatic rings. The van der Waals surface area contributed by atoms with Gasteiger partial charge in [-0.25, -0.2) is 9.69 Å². The van der Waals surface area contributed by atoms with Crippen molar-refractivity contribution in [2.75, 3.05) is 13.1 Å². The maximum absolute atomic E-state index is 12.9. The lowest BCUT2D eigenvalue weighted by atomic mass is 9.97. The number of rotatable bonds is 2. The molecule has 0 aromatic carbocycles. The second-order valence-electron chi connectivity index (χ2n) is 7.78. The molecule has 7 heteroatoms. The van der Waals surface area contributed by atoms with Gasteiger partial charge in [0.2, 0.25) is 5.91 Å². The minimum absolute atomic E-state index is 0.108. The molecule has 2 bridgehead atoms. The van der Waals surface area contributed by atoms with E-state index in [1.807, 2.05) is 4.90 Å². The molecule has 4 amide bonds. The molecule has 3 heterocycles. The van der Waals surface area contributed by atoms with Gasteiger partial charge in [0.25, 0.3) is 5.91 Å². The average Bonchev–Trinajstić information content (AvgIpc) is 3.19. The van der Waals surface area contributed by atoms with Crippen molar-refractivity contribution in [1.82, 2.24) is 20.4 Å². The minimum Gasteiger partial charge on any atom is -0.339 e. The molecule has 1 spiro atoms. The molecule has 3 atom stereocenters. The Balaban J connectivity index is 1.48. The maximum Gasteiger partial charge on any atom is 0.325 e. The molecule has 7 nitrogen and oxygen atoms in total. The highest BCUT2D eigenvalue weighted by Crippen LogP contribution is 2.36. The van der Waals surface area contributed by atoms with Gasteiger partial charge in [-0.3, -0.25) is 9.59 Å². The first kappa shape index (κ1) is 15.9. The number of carbonyl (C=O) groups excluding carboxylic acids is 3. The predicted molar refractivity (Wildman–Crippen MR) is 87.2 cm³/mol. The Morgan fingerprint density at radius 2 is 1.88 bits per heavy atom. The Kier molecular flexibility index (Phi) is 3.78. The molecule has 0 radical (unpaired) electrons. The Morgan fingerprint density at radius 3 is 2.62 bits per heavy atom. The molecule has 0 aromatic heterocycles. The molecule has 3 unspecified atom stereocenters. The lowest BCUT2D eigenvalue weighted by Gasteiger charge is -2.30. The van der Waals surface area contributed by atoms with Crippen LogP contribution in [0.2, 0.25) is 0 Å². The summed E-state index contributed by atoms with van der Waals surface area (Å²) in [5, 5.41) is 6.41. The van der Waals surface area contributed by atoms with E-state index in [-0.39, 0.29) is 11.8 Å². The topological polar surface area (TPSA) is 81.8 Å². The van der Waals surface area contributed by atoms with Crippen LogP contribution < -0.4 is 10.6 Å². The summed E-state index contributed by atoms with van der Waals surface area (Å²) in [7, 11) is 0. The van der Waals surface area contributed by atoms with Gasteiger partial charge in [-0.2, -0.15) is 0 Å². The molecular formula is C17H26N4O3. The summed E-state index contributed by atoms with van der Waals surface area (Å²) in [4.78, 5) is 41.1. The first-order chi connectivity index (χ1) is 11.5. The molecule has 4 fully saturated rings. The number of nitrogens with one attached hydrogen (secondary N) is 2. The predicted octanol–water partition coefficient (Wildman–Crippen LogP) is 0.592. The van der Waals surface area contributed by atoms with Crippen LogP contribution in [-0.2, 0) is 9.59 Å². The van der Waals surface area contributed by atoms with Crippen LogP contribution in [0, 0.1) is 0 Å². The number of hydrogen-bond acceptors (Lipinski definition) is 4. The van der Waals surface area contributed by atoms with Crippen molar-refractivity contribution >= 4 is 17.8 Å². The minimum atomic E-state index is -0.745. The van der Waals surface area contributed by atoms with Crippen molar-refractivity contribution in [2.24, 2.45) is 0 Å². The Bertz CT molecular complexity index is 572. The fraction of sp³-hybridized carbons (Fsp3) is 0.824. The summed E-state index contributed by atoms with van der Waals surface area (Å²) >= 11 is 0. The van der Waals surface area contributed by atoms with Gasteiger partial charge in [0, 0.05) is 25.2 Å². The standard InChI is InChI=1S/C17H26N4O3/c1-11(14(22)20-9-6-12-4-5-13(10-20)18-12)21-15(23)17(19-16(21)24)7-2-3-8-17/h11-13,18H,2-10H2,1H3,(H,19,24). The van der Waals surface area contributed by atoms with Crippen molar-refractivity contribution in [3.8, 4) is 0 Å². The summed E-state index contributed by atoms with van der Waals surface area (Å²) in [5.74, 6) is -0.316. The second-order valence-corrected chi connectivity index (χ2v) is 7.78. The molecule has 24 heavy (non-hydrogen) atoms. The van der Waals surface area contributed by atoms with Gasteiger partial charge in [-0.1, -0.05) is 12.8 Å². The van der Waals surface area contributed by atoms with Crippen LogP contribution in [0.3, 0.4) is 0 Å². The number of urea groups is 1.